The molecule has 7 nitrogen and oxygen atoms in total. The Morgan fingerprint density at radius 1 is 1.00 bits per heavy atom. The highest BCUT2D eigenvalue weighted by Crippen LogP contribution is 2.28. The van der Waals surface area contributed by atoms with Crippen LogP contribution >= 0.6 is 0 Å². The number of hydrogen-bond donors (Lipinski definition) is 1. The lowest BCUT2D eigenvalue weighted by Gasteiger charge is -2.27. The van der Waals surface area contributed by atoms with Crippen LogP contribution in [0.5, 0.6) is 5.75 Å². The number of nitrogens with zero attached hydrogens (tertiary/aromatic N) is 2. The van der Waals surface area contributed by atoms with E-state index in [0.29, 0.717) is 24.5 Å². The van der Waals surface area contributed by atoms with Crippen molar-refractivity contribution in [3.63, 3.8) is 0 Å². The van der Waals surface area contributed by atoms with Crippen molar-refractivity contribution in [1.29, 1.82) is 0 Å². The summed E-state index contributed by atoms with van der Waals surface area (Å²) in [4.78, 5) is 29.8. The van der Waals surface area contributed by atoms with Gasteiger partial charge in [-0.05, 0) is 61.7 Å². The molecule has 7 heteroatoms. The van der Waals surface area contributed by atoms with Gasteiger partial charge in [0.15, 0.2) is 0 Å². The molecule has 0 spiro atoms. The van der Waals surface area contributed by atoms with Crippen molar-refractivity contribution in [2.45, 2.75) is 38.9 Å². The molecular weight excluding hydrogens is 418 g/mol. The molecule has 0 radical (unpaired) electrons. The van der Waals surface area contributed by atoms with E-state index in [9.17, 15) is 9.59 Å². The Morgan fingerprint density at radius 2 is 1.73 bits per heavy atom. The van der Waals surface area contributed by atoms with Gasteiger partial charge in [-0.15, -0.1) is 0 Å². The van der Waals surface area contributed by atoms with Gasteiger partial charge < -0.3 is 24.3 Å². The van der Waals surface area contributed by atoms with E-state index in [-0.39, 0.29) is 24.5 Å². The summed E-state index contributed by atoms with van der Waals surface area (Å²) in [5.74, 6) is 2.12. The van der Waals surface area contributed by atoms with Crippen LogP contribution in [0.25, 0.3) is 0 Å². The van der Waals surface area contributed by atoms with Crippen molar-refractivity contribution in [2.75, 3.05) is 19.0 Å². The normalized spacial score (nSPS) is 12.8. The first-order valence-corrected chi connectivity index (χ1v) is 11.1. The molecule has 1 heterocycles. The molecular formula is C26H29N3O4. The number of nitrogens with one attached hydrogen (secondary N) is 1. The van der Waals surface area contributed by atoms with Crippen molar-refractivity contribution < 1.29 is 18.7 Å². The molecule has 1 aliphatic rings. The predicted molar refractivity (Wildman–Crippen MR) is 126 cm³/mol. The van der Waals surface area contributed by atoms with E-state index in [4.69, 9.17) is 9.15 Å². The van der Waals surface area contributed by atoms with E-state index in [2.05, 4.69) is 5.32 Å². The number of carbonyl (C=O) groups excluding carboxylic acids is 2. The second-order valence-corrected chi connectivity index (χ2v) is 8.27. The van der Waals surface area contributed by atoms with Gasteiger partial charge in [-0.3, -0.25) is 4.79 Å². The summed E-state index contributed by atoms with van der Waals surface area (Å²) >= 11 is 0. The minimum absolute atomic E-state index is 0.0131. The number of anilines is 1. The summed E-state index contributed by atoms with van der Waals surface area (Å²) in [6.45, 7) is 2.68. The molecule has 1 fully saturated rings. The van der Waals surface area contributed by atoms with Crippen molar-refractivity contribution in [2.24, 2.45) is 0 Å². The van der Waals surface area contributed by atoms with Crippen molar-refractivity contribution in [3.05, 3.63) is 83.8 Å². The first kappa shape index (κ1) is 22.5. The third-order valence-electron chi connectivity index (χ3n) is 5.61. The lowest BCUT2D eigenvalue weighted by atomic mass is 10.2. The maximum atomic E-state index is 13.4. The summed E-state index contributed by atoms with van der Waals surface area (Å²) in [7, 11) is 1.60. The average Bonchev–Trinajstić information content (AvgIpc) is 3.59. The van der Waals surface area contributed by atoms with Gasteiger partial charge in [-0.2, -0.15) is 0 Å². The van der Waals surface area contributed by atoms with Gasteiger partial charge in [0.25, 0.3) is 0 Å². The molecule has 172 valence electrons. The van der Waals surface area contributed by atoms with E-state index in [0.717, 1.165) is 29.9 Å². The Kier molecular flexibility index (Phi) is 6.98. The number of rotatable bonds is 9. The average molecular weight is 448 g/mol. The molecule has 4 rings (SSSR count). The van der Waals surface area contributed by atoms with Gasteiger partial charge >= 0.3 is 6.03 Å². The minimum Gasteiger partial charge on any atom is -0.497 e. The van der Waals surface area contributed by atoms with Crippen LogP contribution in [0.1, 0.15) is 29.9 Å². The summed E-state index contributed by atoms with van der Waals surface area (Å²) in [5.41, 5.74) is 1.68. The minimum atomic E-state index is -0.274. The smallest absolute Gasteiger partial charge is 0.322 e. The maximum absolute atomic E-state index is 13.4. The Morgan fingerprint density at radius 3 is 2.33 bits per heavy atom. The molecule has 0 atom stereocenters. The van der Waals surface area contributed by atoms with Crippen molar-refractivity contribution >= 4 is 17.6 Å². The van der Waals surface area contributed by atoms with E-state index in [1.54, 1.807) is 41.2 Å². The molecule has 33 heavy (non-hydrogen) atoms. The highest BCUT2D eigenvalue weighted by atomic mass is 16.5. The zero-order valence-electron chi connectivity index (χ0n) is 19.0. The summed E-state index contributed by atoms with van der Waals surface area (Å²) < 4.78 is 10.9. The van der Waals surface area contributed by atoms with Crippen LogP contribution in [-0.2, 0) is 17.9 Å². The van der Waals surface area contributed by atoms with Gasteiger partial charge in [0.05, 0.1) is 13.7 Å². The van der Waals surface area contributed by atoms with Crippen molar-refractivity contribution in [3.8, 4) is 5.75 Å². The zero-order valence-corrected chi connectivity index (χ0v) is 19.0. The molecule has 0 saturated heterocycles. The number of aryl methyl sites for hydroxylation is 1. The van der Waals surface area contributed by atoms with Gasteiger partial charge in [0.1, 0.15) is 23.8 Å². The fourth-order valence-corrected chi connectivity index (χ4v) is 3.66. The number of methoxy groups -OCH3 is 1. The number of carbonyl (C=O) groups is 2. The summed E-state index contributed by atoms with van der Waals surface area (Å²) in [5, 5.41) is 2.90. The first-order valence-electron chi connectivity index (χ1n) is 11.1. The van der Waals surface area contributed by atoms with Crippen molar-refractivity contribution in [1.82, 2.24) is 9.80 Å². The second-order valence-electron chi connectivity index (χ2n) is 8.27. The lowest BCUT2D eigenvalue weighted by molar-refractivity contribution is -0.133. The topological polar surface area (TPSA) is 75.0 Å². The second kappa shape index (κ2) is 10.3. The molecule has 0 unspecified atom stereocenters. The third kappa shape index (κ3) is 6.16. The predicted octanol–water partition coefficient (Wildman–Crippen LogP) is 4.82. The molecule has 1 aromatic heterocycles. The number of urea groups is 1. The van der Waals surface area contributed by atoms with E-state index in [1.807, 2.05) is 49.4 Å². The van der Waals surface area contributed by atoms with Gasteiger partial charge in [-0.1, -0.05) is 30.3 Å². The quantitative estimate of drug-likeness (QED) is 0.510. The number of hydrogen-bond acceptors (Lipinski definition) is 4. The highest BCUT2D eigenvalue weighted by Gasteiger charge is 2.35. The zero-order chi connectivity index (χ0) is 23.2. The molecule has 1 aliphatic carbocycles. The molecule has 1 N–H and O–H groups in total. The lowest BCUT2D eigenvalue weighted by Crippen LogP contribution is -2.45. The largest absolute Gasteiger partial charge is 0.497 e. The number of ether oxygens (including phenoxy) is 1. The van der Waals surface area contributed by atoms with Gasteiger partial charge in [-0.25, -0.2) is 4.79 Å². The SMILES string of the molecule is COc1ccc(NC(=O)N(CC(=O)N(Cc2ccccc2)Cc2ccc(C)o2)C2CC2)cc1. The molecule has 0 bridgehead atoms. The molecule has 1 saturated carbocycles. The van der Waals surface area contributed by atoms with Gasteiger partial charge in [0, 0.05) is 18.3 Å². The van der Waals surface area contributed by atoms with E-state index >= 15 is 0 Å². The molecule has 3 amide bonds. The standard InChI is InChI=1S/C26H29N3O4/c1-19-8-13-24(33-19)17-28(16-20-6-4-3-5-7-20)25(30)18-29(22-11-12-22)26(31)27-21-9-14-23(32-2)15-10-21/h3-10,13-15,22H,11-12,16-18H2,1-2H3,(H,27,31). The summed E-state index contributed by atoms with van der Waals surface area (Å²) in [6.07, 6.45) is 1.80. The van der Waals surface area contributed by atoms with Crippen LogP contribution in [-0.4, -0.2) is 41.4 Å². The van der Waals surface area contributed by atoms with Crippen LogP contribution in [0.15, 0.2) is 71.1 Å². The first-order chi connectivity index (χ1) is 16.0. The van der Waals surface area contributed by atoms with Crippen LogP contribution < -0.4 is 10.1 Å². The third-order valence-corrected chi connectivity index (χ3v) is 5.61. The van der Waals surface area contributed by atoms with E-state index in [1.165, 1.54) is 0 Å². The Labute approximate surface area is 193 Å². The summed E-state index contributed by atoms with van der Waals surface area (Å²) in [6, 6.07) is 20.5. The van der Waals surface area contributed by atoms with Crippen LogP contribution in [0.3, 0.4) is 0 Å². The number of benzene rings is 2. The Bertz CT molecular complexity index is 1070. The molecule has 2 aromatic carbocycles. The van der Waals surface area contributed by atoms with Crippen LogP contribution in [0.2, 0.25) is 0 Å². The van der Waals surface area contributed by atoms with Gasteiger partial charge in [0.2, 0.25) is 5.91 Å². The van der Waals surface area contributed by atoms with E-state index < -0.39 is 0 Å². The van der Waals surface area contributed by atoms with Crippen LogP contribution in [0, 0.1) is 6.92 Å². The monoisotopic (exact) mass is 447 g/mol. The number of amides is 3. The Balaban J connectivity index is 1.46. The Hall–Kier alpha value is -3.74. The number of furan rings is 1. The molecule has 3 aromatic rings. The fraction of sp³-hybridized carbons (Fsp3) is 0.308. The van der Waals surface area contributed by atoms with Crippen LogP contribution in [0.4, 0.5) is 10.5 Å². The molecule has 0 aliphatic heterocycles. The highest BCUT2D eigenvalue weighted by molar-refractivity contribution is 5.92. The fourth-order valence-electron chi connectivity index (χ4n) is 3.66. The maximum Gasteiger partial charge on any atom is 0.322 e.